The zero-order chi connectivity index (χ0) is 23.5. The molecule has 0 aliphatic carbocycles. The van der Waals surface area contributed by atoms with Crippen LogP contribution in [0.2, 0.25) is 0 Å². The zero-order valence-corrected chi connectivity index (χ0v) is 19.9. The van der Waals surface area contributed by atoms with Gasteiger partial charge in [-0.05, 0) is 58.0 Å². The second kappa shape index (κ2) is 9.58. The Labute approximate surface area is 191 Å². The van der Waals surface area contributed by atoms with Crippen LogP contribution in [0, 0.1) is 27.7 Å². The molecule has 0 bridgehead atoms. The molecule has 8 nitrogen and oxygen atoms in total. The molecule has 0 aliphatic heterocycles. The van der Waals surface area contributed by atoms with Gasteiger partial charge in [0.25, 0.3) is 10.0 Å². The first-order valence-electron chi connectivity index (χ1n) is 9.89. The maximum Gasteiger partial charge on any atom is 0.263 e. The van der Waals surface area contributed by atoms with Gasteiger partial charge in [-0.2, -0.15) is 0 Å². The molecule has 0 unspecified atom stereocenters. The smallest absolute Gasteiger partial charge is 0.263 e. The van der Waals surface area contributed by atoms with Crippen LogP contribution in [0.3, 0.4) is 0 Å². The summed E-state index contributed by atoms with van der Waals surface area (Å²) in [5.74, 6) is 0.268. The van der Waals surface area contributed by atoms with Gasteiger partial charge in [0.1, 0.15) is 11.6 Å². The van der Waals surface area contributed by atoms with E-state index in [2.05, 4.69) is 20.0 Å². The minimum atomic E-state index is -3.84. The Balaban J connectivity index is 1.59. The third-order valence-electron chi connectivity index (χ3n) is 4.57. The minimum absolute atomic E-state index is 0.0305. The number of Topliss-reactive ketones (excluding diaryl/α,β-unsaturated/α-hetero) is 1. The SMILES string of the molecule is Cc1cc(NS(=O)(=O)c2ccc(NC(=O)CCC(=O)c3cc(C)sc3C)cc2)nc(C)n1. The normalized spacial score (nSPS) is 11.2. The highest BCUT2D eigenvalue weighted by molar-refractivity contribution is 7.92. The van der Waals surface area contributed by atoms with Crippen LogP contribution < -0.4 is 10.0 Å². The van der Waals surface area contributed by atoms with Gasteiger partial charge in [0.2, 0.25) is 5.91 Å². The van der Waals surface area contributed by atoms with E-state index in [9.17, 15) is 18.0 Å². The molecule has 0 spiro atoms. The van der Waals surface area contributed by atoms with Crippen LogP contribution in [-0.2, 0) is 14.8 Å². The monoisotopic (exact) mass is 472 g/mol. The molecule has 0 aliphatic rings. The first-order valence-corrected chi connectivity index (χ1v) is 12.2. The Bertz CT molecular complexity index is 1250. The Morgan fingerprint density at radius 3 is 2.25 bits per heavy atom. The predicted octanol–water partition coefficient (Wildman–Crippen LogP) is 4.17. The number of benzene rings is 1. The Morgan fingerprint density at radius 2 is 1.66 bits per heavy atom. The van der Waals surface area contributed by atoms with Crippen molar-refractivity contribution in [3.8, 4) is 0 Å². The second-order valence-corrected chi connectivity index (χ2v) is 10.5. The fourth-order valence-electron chi connectivity index (χ4n) is 3.18. The van der Waals surface area contributed by atoms with Crippen molar-refractivity contribution in [1.29, 1.82) is 0 Å². The molecule has 1 aromatic carbocycles. The predicted molar refractivity (Wildman–Crippen MR) is 125 cm³/mol. The van der Waals surface area contributed by atoms with E-state index in [0.717, 1.165) is 9.75 Å². The van der Waals surface area contributed by atoms with E-state index in [-0.39, 0.29) is 35.2 Å². The Morgan fingerprint density at radius 1 is 0.969 bits per heavy atom. The van der Waals surface area contributed by atoms with E-state index in [4.69, 9.17) is 0 Å². The topological polar surface area (TPSA) is 118 Å². The number of nitrogens with one attached hydrogen (secondary N) is 2. The molecule has 0 saturated heterocycles. The molecule has 0 fully saturated rings. The quantitative estimate of drug-likeness (QED) is 0.475. The summed E-state index contributed by atoms with van der Waals surface area (Å²) in [6, 6.07) is 9.16. The van der Waals surface area contributed by atoms with Gasteiger partial charge >= 0.3 is 0 Å². The number of rotatable bonds is 8. The number of aromatic nitrogens is 2. The molecule has 168 valence electrons. The fraction of sp³-hybridized carbons (Fsp3) is 0.273. The van der Waals surface area contributed by atoms with Crippen LogP contribution in [0.1, 0.15) is 44.5 Å². The summed E-state index contributed by atoms with van der Waals surface area (Å²) in [5.41, 5.74) is 1.75. The highest BCUT2D eigenvalue weighted by atomic mass is 32.2. The number of carbonyl (C=O) groups is 2. The van der Waals surface area contributed by atoms with Gasteiger partial charge in [-0.1, -0.05) is 0 Å². The molecule has 2 N–H and O–H groups in total. The van der Waals surface area contributed by atoms with Gasteiger partial charge in [0, 0.05) is 45.6 Å². The van der Waals surface area contributed by atoms with Crippen LogP contribution in [0.25, 0.3) is 0 Å². The lowest BCUT2D eigenvalue weighted by Gasteiger charge is -2.10. The van der Waals surface area contributed by atoms with E-state index < -0.39 is 10.0 Å². The molecular formula is C22H24N4O4S2. The fourth-order valence-corrected chi connectivity index (χ4v) is 5.11. The third-order valence-corrected chi connectivity index (χ3v) is 6.91. The summed E-state index contributed by atoms with van der Waals surface area (Å²) >= 11 is 1.56. The van der Waals surface area contributed by atoms with Gasteiger partial charge in [0.05, 0.1) is 4.90 Å². The number of nitrogens with zero attached hydrogens (tertiary/aromatic N) is 2. The van der Waals surface area contributed by atoms with Crippen molar-refractivity contribution in [2.45, 2.75) is 45.4 Å². The largest absolute Gasteiger partial charge is 0.326 e. The van der Waals surface area contributed by atoms with Crippen LogP contribution in [0.15, 0.2) is 41.3 Å². The summed E-state index contributed by atoms with van der Waals surface area (Å²) < 4.78 is 27.6. The molecule has 2 aromatic heterocycles. The lowest BCUT2D eigenvalue weighted by atomic mass is 10.1. The van der Waals surface area contributed by atoms with Crippen molar-refractivity contribution >= 4 is 44.6 Å². The molecule has 3 aromatic rings. The summed E-state index contributed by atoms with van der Waals surface area (Å²) in [7, 11) is -3.84. The van der Waals surface area contributed by atoms with Gasteiger partial charge in [-0.3, -0.25) is 14.3 Å². The average Bonchev–Trinajstić information content (AvgIpc) is 3.03. The van der Waals surface area contributed by atoms with Crippen molar-refractivity contribution in [3.05, 3.63) is 63.2 Å². The zero-order valence-electron chi connectivity index (χ0n) is 18.2. The number of aryl methyl sites for hydroxylation is 4. The van der Waals surface area contributed by atoms with E-state index in [1.165, 1.54) is 24.3 Å². The number of carbonyl (C=O) groups excluding carboxylic acids is 2. The number of sulfonamides is 1. The van der Waals surface area contributed by atoms with Gasteiger partial charge < -0.3 is 5.32 Å². The highest BCUT2D eigenvalue weighted by Gasteiger charge is 2.17. The molecule has 2 heterocycles. The number of ketones is 1. The second-order valence-electron chi connectivity index (χ2n) is 7.37. The van der Waals surface area contributed by atoms with Gasteiger partial charge in [-0.25, -0.2) is 18.4 Å². The maximum atomic E-state index is 12.6. The van der Waals surface area contributed by atoms with Gasteiger partial charge in [0.15, 0.2) is 5.78 Å². The molecule has 0 radical (unpaired) electrons. The van der Waals surface area contributed by atoms with Crippen LogP contribution in [0.5, 0.6) is 0 Å². The highest BCUT2D eigenvalue weighted by Crippen LogP contribution is 2.22. The first kappa shape index (κ1) is 23.6. The van der Waals surface area contributed by atoms with Crippen molar-refractivity contribution in [2.24, 2.45) is 0 Å². The summed E-state index contributed by atoms with van der Waals surface area (Å²) in [6.45, 7) is 7.26. The van der Waals surface area contributed by atoms with Crippen molar-refractivity contribution < 1.29 is 18.0 Å². The van der Waals surface area contributed by atoms with Crippen LogP contribution in [0.4, 0.5) is 11.5 Å². The van der Waals surface area contributed by atoms with Gasteiger partial charge in [-0.15, -0.1) is 11.3 Å². The Kier molecular flexibility index (Phi) is 7.05. The van der Waals surface area contributed by atoms with Crippen molar-refractivity contribution in [1.82, 2.24) is 9.97 Å². The average molecular weight is 473 g/mol. The molecule has 0 atom stereocenters. The molecular weight excluding hydrogens is 448 g/mol. The number of amides is 1. The minimum Gasteiger partial charge on any atom is -0.326 e. The lowest BCUT2D eigenvalue weighted by Crippen LogP contribution is -2.16. The standard InChI is InChI=1S/C22H24N4O4S2/c1-13-11-21(24-16(4)23-13)26-32(29,30)18-7-5-17(6-8-18)25-22(28)10-9-20(27)19-12-14(2)31-15(19)3/h5-8,11-12H,9-10H2,1-4H3,(H,25,28)(H,23,24,26). The molecule has 1 amide bonds. The van der Waals surface area contributed by atoms with E-state index in [0.29, 0.717) is 22.8 Å². The number of anilines is 2. The Hall–Kier alpha value is -3.11. The third kappa shape index (κ3) is 5.98. The summed E-state index contributed by atoms with van der Waals surface area (Å²) in [6.07, 6.45) is 0.151. The first-order chi connectivity index (χ1) is 15.0. The summed E-state index contributed by atoms with van der Waals surface area (Å²) in [5, 5.41) is 2.69. The molecule has 3 rings (SSSR count). The molecule has 0 saturated carbocycles. The number of thiophene rings is 1. The number of hydrogen-bond donors (Lipinski definition) is 2. The number of hydrogen-bond acceptors (Lipinski definition) is 7. The van der Waals surface area contributed by atoms with E-state index >= 15 is 0 Å². The molecule has 10 heteroatoms. The van der Waals surface area contributed by atoms with E-state index in [1.807, 2.05) is 19.9 Å². The van der Waals surface area contributed by atoms with Crippen LogP contribution in [-0.4, -0.2) is 30.1 Å². The van der Waals surface area contributed by atoms with Crippen molar-refractivity contribution in [2.75, 3.05) is 10.0 Å². The van der Waals surface area contributed by atoms with Crippen molar-refractivity contribution in [3.63, 3.8) is 0 Å². The molecule has 32 heavy (non-hydrogen) atoms. The lowest BCUT2D eigenvalue weighted by molar-refractivity contribution is -0.116. The summed E-state index contributed by atoms with van der Waals surface area (Å²) in [4.78, 5) is 34.8. The van der Waals surface area contributed by atoms with E-state index in [1.54, 1.807) is 31.3 Å². The maximum absolute atomic E-state index is 12.6. The van der Waals surface area contributed by atoms with Crippen LogP contribution >= 0.6 is 11.3 Å².